The fraction of sp³-hybridized carbons (Fsp3) is 0.583. The maximum absolute atomic E-state index is 12.5. The third kappa shape index (κ3) is 4.18. The molecule has 0 radical (unpaired) electrons. The molecule has 0 atom stereocenters. The minimum absolute atomic E-state index is 0.286. The number of nitrogens with zero attached hydrogens (tertiary/aromatic N) is 2. The fourth-order valence-electron chi connectivity index (χ4n) is 1.71. The van der Waals surface area contributed by atoms with Gasteiger partial charge in [-0.05, 0) is 38.5 Å². The van der Waals surface area contributed by atoms with Crippen molar-refractivity contribution in [2.75, 3.05) is 11.4 Å². The summed E-state index contributed by atoms with van der Waals surface area (Å²) >= 11 is 0. The van der Waals surface area contributed by atoms with Gasteiger partial charge in [-0.2, -0.15) is 13.2 Å². The van der Waals surface area contributed by atoms with Crippen LogP contribution in [-0.4, -0.2) is 23.7 Å². The molecule has 102 valence electrons. The second-order valence-electron chi connectivity index (χ2n) is 4.52. The molecule has 0 aliphatic rings. The highest BCUT2D eigenvalue weighted by molar-refractivity contribution is 5.43. The van der Waals surface area contributed by atoms with Crippen LogP contribution in [-0.2, 0) is 6.54 Å². The lowest BCUT2D eigenvalue weighted by Crippen LogP contribution is -2.39. The molecule has 1 heterocycles. The van der Waals surface area contributed by atoms with Gasteiger partial charge in [0.1, 0.15) is 12.4 Å². The summed E-state index contributed by atoms with van der Waals surface area (Å²) in [6.45, 7) is 4.43. The first-order chi connectivity index (χ1) is 8.23. The lowest BCUT2D eigenvalue weighted by molar-refractivity contribution is -0.120. The second-order valence-corrected chi connectivity index (χ2v) is 4.52. The van der Waals surface area contributed by atoms with Crippen molar-refractivity contribution >= 4 is 5.82 Å². The van der Waals surface area contributed by atoms with Crippen molar-refractivity contribution in [3.05, 3.63) is 23.4 Å². The molecule has 0 saturated heterocycles. The number of hydrogen-bond donors (Lipinski definition) is 1. The molecule has 18 heavy (non-hydrogen) atoms. The van der Waals surface area contributed by atoms with Crippen LogP contribution in [0.25, 0.3) is 0 Å². The van der Waals surface area contributed by atoms with Crippen LogP contribution in [0.5, 0.6) is 0 Å². The second kappa shape index (κ2) is 5.56. The van der Waals surface area contributed by atoms with Gasteiger partial charge >= 0.3 is 6.18 Å². The van der Waals surface area contributed by atoms with Gasteiger partial charge in [0.15, 0.2) is 0 Å². The van der Waals surface area contributed by atoms with E-state index in [1.165, 1.54) is 4.90 Å². The Kier molecular flexibility index (Phi) is 4.56. The molecule has 0 aliphatic heterocycles. The molecule has 0 bridgehead atoms. The highest BCUT2D eigenvalue weighted by Crippen LogP contribution is 2.23. The molecular weight excluding hydrogens is 243 g/mol. The van der Waals surface area contributed by atoms with Gasteiger partial charge in [0.25, 0.3) is 0 Å². The van der Waals surface area contributed by atoms with Crippen LogP contribution in [0.2, 0.25) is 0 Å². The standard InChI is InChI=1S/C12H18F3N3/c1-8(2)18(7-12(13,14)15)11-5-10(6-16)4-9(3)17-11/h4-5,8H,6-7,16H2,1-3H3. The van der Waals surface area contributed by atoms with Crippen molar-refractivity contribution in [1.29, 1.82) is 0 Å². The summed E-state index contributed by atoms with van der Waals surface area (Å²) in [4.78, 5) is 5.39. The van der Waals surface area contributed by atoms with Crippen LogP contribution in [0.1, 0.15) is 25.1 Å². The molecule has 2 N–H and O–H groups in total. The van der Waals surface area contributed by atoms with Crippen LogP contribution < -0.4 is 10.6 Å². The van der Waals surface area contributed by atoms with Crippen LogP contribution in [0.3, 0.4) is 0 Å². The van der Waals surface area contributed by atoms with Crippen molar-refractivity contribution < 1.29 is 13.2 Å². The van der Waals surface area contributed by atoms with E-state index in [-0.39, 0.29) is 12.6 Å². The molecule has 0 aromatic carbocycles. The van der Waals surface area contributed by atoms with E-state index < -0.39 is 12.7 Å². The zero-order valence-corrected chi connectivity index (χ0v) is 10.8. The summed E-state index contributed by atoms with van der Waals surface area (Å²) < 4.78 is 37.6. The van der Waals surface area contributed by atoms with Gasteiger partial charge in [-0.15, -0.1) is 0 Å². The first kappa shape index (κ1) is 14.8. The predicted octanol–water partition coefficient (Wildman–Crippen LogP) is 2.63. The normalized spacial score (nSPS) is 12.0. The molecule has 0 unspecified atom stereocenters. The molecule has 0 amide bonds. The molecule has 0 aliphatic carbocycles. The maximum Gasteiger partial charge on any atom is 0.405 e. The Morgan fingerprint density at radius 1 is 1.33 bits per heavy atom. The van der Waals surface area contributed by atoms with E-state index in [2.05, 4.69) is 4.98 Å². The number of alkyl halides is 3. The summed E-state index contributed by atoms with van der Waals surface area (Å²) in [6.07, 6.45) is -4.25. The lowest BCUT2D eigenvalue weighted by atomic mass is 10.2. The largest absolute Gasteiger partial charge is 0.405 e. The topological polar surface area (TPSA) is 42.1 Å². The van der Waals surface area contributed by atoms with Crippen LogP contribution >= 0.6 is 0 Å². The molecule has 1 aromatic rings. The number of aryl methyl sites for hydroxylation is 1. The van der Waals surface area contributed by atoms with Crippen LogP contribution in [0.4, 0.5) is 19.0 Å². The third-order valence-corrected chi connectivity index (χ3v) is 2.50. The van der Waals surface area contributed by atoms with Crippen molar-refractivity contribution in [1.82, 2.24) is 4.98 Å². The molecule has 1 aromatic heterocycles. The van der Waals surface area contributed by atoms with E-state index in [0.717, 1.165) is 5.56 Å². The van der Waals surface area contributed by atoms with Crippen molar-refractivity contribution in [2.45, 2.75) is 39.5 Å². The van der Waals surface area contributed by atoms with E-state index in [1.54, 1.807) is 32.9 Å². The van der Waals surface area contributed by atoms with E-state index in [9.17, 15) is 13.2 Å². The van der Waals surface area contributed by atoms with Crippen molar-refractivity contribution in [3.8, 4) is 0 Å². The number of pyridine rings is 1. The molecule has 1 rings (SSSR count). The summed E-state index contributed by atoms with van der Waals surface area (Å²) in [5, 5.41) is 0. The van der Waals surface area contributed by atoms with Crippen LogP contribution in [0.15, 0.2) is 12.1 Å². The summed E-state index contributed by atoms with van der Waals surface area (Å²) in [7, 11) is 0. The van der Waals surface area contributed by atoms with Gasteiger partial charge in [0.05, 0.1) is 0 Å². The Balaban J connectivity index is 3.09. The minimum atomic E-state index is -4.25. The average Bonchev–Trinajstić information content (AvgIpc) is 2.23. The Labute approximate surface area is 105 Å². The molecule has 0 spiro atoms. The Hall–Kier alpha value is -1.30. The smallest absolute Gasteiger partial charge is 0.345 e. The SMILES string of the molecule is Cc1cc(CN)cc(N(CC(F)(F)F)C(C)C)n1. The van der Waals surface area contributed by atoms with Crippen LogP contribution in [0, 0.1) is 6.92 Å². The quantitative estimate of drug-likeness (QED) is 0.906. The fourth-order valence-corrected chi connectivity index (χ4v) is 1.71. The van der Waals surface area contributed by atoms with Gasteiger partial charge in [0.2, 0.25) is 0 Å². The number of nitrogens with two attached hydrogens (primary N) is 1. The van der Waals surface area contributed by atoms with E-state index in [1.807, 2.05) is 0 Å². The molecule has 0 fully saturated rings. The minimum Gasteiger partial charge on any atom is -0.345 e. The predicted molar refractivity (Wildman–Crippen MR) is 65.4 cm³/mol. The summed E-state index contributed by atoms with van der Waals surface area (Å²) in [5.41, 5.74) is 6.97. The van der Waals surface area contributed by atoms with Gasteiger partial charge in [-0.25, -0.2) is 4.98 Å². The first-order valence-corrected chi connectivity index (χ1v) is 5.74. The van der Waals surface area contributed by atoms with E-state index >= 15 is 0 Å². The molecule has 3 nitrogen and oxygen atoms in total. The average molecular weight is 261 g/mol. The highest BCUT2D eigenvalue weighted by Gasteiger charge is 2.32. The first-order valence-electron chi connectivity index (χ1n) is 5.74. The van der Waals surface area contributed by atoms with Gasteiger partial charge in [0, 0.05) is 18.3 Å². The maximum atomic E-state index is 12.5. The number of halogens is 3. The van der Waals surface area contributed by atoms with Gasteiger partial charge in [-0.1, -0.05) is 0 Å². The highest BCUT2D eigenvalue weighted by atomic mass is 19.4. The number of rotatable bonds is 4. The zero-order valence-electron chi connectivity index (χ0n) is 10.8. The third-order valence-electron chi connectivity index (χ3n) is 2.50. The van der Waals surface area contributed by atoms with E-state index in [0.29, 0.717) is 11.5 Å². The Bertz CT molecular complexity index is 402. The molecule has 0 saturated carbocycles. The van der Waals surface area contributed by atoms with Gasteiger partial charge in [-0.3, -0.25) is 0 Å². The van der Waals surface area contributed by atoms with Crippen molar-refractivity contribution in [2.24, 2.45) is 5.73 Å². The molecule has 6 heteroatoms. The summed E-state index contributed by atoms with van der Waals surface area (Å²) in [6, 6.07) is 3.10. The van der Waals surface area contributed by atoms with E-state index in [4.69, 9.17) is 5.73 Å². The van der Waals surface area contributed by atoms with Crippen molar-refractivity contribution in [3.63, 3.8) is 0 Å². The monoisotopic (exact) mass is 261 g/mol. The number of hydrogen-bond acceptors (Lipinski definition) is 3. The zero-order chi connectivity index (χ0) is 13.9. The number of anilines is 1. The lowest BCUT2D eigenvalue weighted by Gasteiger charge is -2.29. The number of aromatic nitrogens is 1. The molecular formula is C12H18F3N3. The Morgan fingerprint density at radius 3 is 2.39 bits per heavy atom. The van der Waals surface area contributed by atoms with Gasteiger partial charge < -0.3 is 10.6 Å². The Morgan fingerprint density at radius 2 is 1.94 bits per heavy atom. The summed E-state index contributed by atoms with van der Waals surface area (Å²) in [5.74, 6) is 0.322.